The van der Waals surface area contributed by atoms with E-state index in [1.807, 2.05) is 43.3 Å². The average Bonchev–Trinajstić information content (AvgIpc) is 3.21. The van der Waals surface area contributed by atoms with Gasteiger partial charge < -0.3 is 19.1 Å². The lowest BCUT2D eigenvalue weighted by Crippen LogP contribution is -2.35. The smallest absolute Gasteiger partial charge is 0.325 e. The van der Waals surface area contributed by atoms with Crippen molar-refractivity contribution in [1.29, 1.82) is 0 Å². The van der Waals surface area contributed by atoms with Crippen LogP contribution in [0.1, 0.15) is 18.1 Å². The van der Waals surface area contributed by atoms with Crippen LogP contribution >= 0.6 is 46.4 Å². The third kappa shape index (κ3) is 6.23. The lowest BCUT2D eigenvalue weighted by molar-refractivity contribution is -0.140. The van der Waals surface area contributed by atoms with Crippen molar-refractivity contribution in [2.75, 3.05) is 25.2 Å². The number of carbonyl (C=O) groups excluding carboxylic acids is 2. The van der Waals surface area contributed by atoms with Gasteiger partial charge in [0.15, 0.2) is 16.6 Å². The van der Waals surface area contributed by atoms with Crippen LogP contribution in [0.5, 0.6) is 11.5 Å². The zero-order valence-electron chi connectivity index (χ0n) is 22.8. The predicted molar refractivity (Wildman–Crippen MR) is 177 cm³/mol. The molecule has 1 aliphatic rings. The number of hydrogen-bond donors (Lipinski definition) is 0. The van der Waals surface area contributed by atoms with Crippen LogP contribution in [0.4, 0.5) is 5.69 Å². The van der Waals surface area contributed by atoms with E-state index >= 15 is 0 Å². The number of hydrogen-bond acceptors (Lipinski definition) is 6. The Bertz CT molecular complexity index is 1700. The van der Waals surface area contributed by atoms with Crippen LogP contribution in [0.3, 0.4) is 0 Å². The monoisotopic (exact) mass is 712 g/mol. The molecule has 0 radical (unpaired) electrons. The fourth-order valence-corrected chi connectivity index (χ4v) is 5.90. The SMILES string of the molecule is CCOc1cc(/C=C2/C(=O)N(c3ccc(Cl)cc3)C(=S)N2CC(=O)OC)cc(I)c1OCc1cccc2ccccc12. The summed E-state index contributed by atoms with van der Waals surface area (Å²) < 4.78 is 18.0. The molecule has 42 heavy (non-hydrogen) atoms. The van der Waals surface area contributed by atoms with E-state index in [0.717, 1.165) is 19.9 Å². The Morgan fingerprint density at radius 3 is 2.50 bits per heavy atom. The van der Waals surface area contributed by atoms with Gasteiger partial charge in [0.1, 0.15) is 18.8 Å². The molecule has 0 spiro atoms. The summed E-state index contributed by atoms with van der Waals surface area (Å²) in [7, 11) is 1.29. The molecule has 4 aromatic rings. The first-order valence-corrected chi connectivity index (χ1v) is 14.9. The Morgan fingerprint density at radius 2 is 1.76 bits per heavy atom. The molecule has 10 heteroatoms. The molecule has 1 aliphatic heterocycles. The van der Waals surface area contributed by atoms with Crippen molar-refractivity contribution in [1.82, 2.24) is 4.90 Å². The van der Waals surface area contributed by atoms with E-state index in [9.17, 15) is 9.59 Å². The van der Waals surface area contributed by atoms with Gasteiger partial charge in [-0.05, 0) is 106 Å². The molecule has 214 valence electrons. The second-order valence-corrected chi connectivity index (χ2v) is 11.2. The van der Waals surface area contributed by atoms with Crippen molar-refractivity contribution < 1.29 is 23.8 Å². The van der Waals surface area contributed by atoms with E-state index in [1.54, 1.807) is 30.3 Å². The standard InChI is InChI=1S/C32H26ClIN2O5S/c1-3-40-28-17-20(15-26(34)30(28)41-19-22-9-6-8-21-7-4-5-10-25(21)22)16-27-31(38)36(24-13-11-23(33)12-14-24)32(42)35(27)18-29(37)39-2/h4-17H,3,18-19H2,1-2H3/b27-16-. The van der Waals surface area contributed by atoms with Gasteiger partial charge in [-0.3, -0.25) is 14.5 Å². The molecule has 5 rings (SSSR count). The number of thiocarbonyl (C=S) groups is 1. The van der Waals surface area contributed by atoms with E-state index < -0.39 is 5.97 Å². The summed E-state index contributed by atoms with van der Waals surface area (Å²) in [5, 5.41) is 2.96. The first-order valence-electron chi connectivity index (χ1n) is 13.1. The number of ether oxygens (including phenoxy) is 3. The highest BCUT2D eigenvalue weighted by atomic mass is 127. The minimum absolute atomic E-state index is 0.161. The van der Waals surface area contributed by atoms with Gasteiger partial charge in [-0.1, -0.05) is 54.1 Å². The van der Waals surface area contributed by atoms with Crippen LogP contribution in [0.15, 0.2) is 84.6 Å². The summed E-state index contributed by atoms with van der Waals surface area (Å²) in [6.45, 7) is 2.45. The van der Waals surface area contributed by atoms with Gasteiger partial charge >= 0.3 is 5.97 Å². The van der Waals surface area contributed by atoms with Crippen LogP contribution in [-0.2, 0) is 20.9 Å². The van der Waals surface area contributed by atoms with Crippen LogP contribution in [0.25, 0.3) is 16.8 Å². The highest BCUT2D eigenvalue weighted by Crippen LogP contribution is 2.37. The van der Waals surface area contributed by atoms with Gasteiger partial charge in [-0.15, -0.1) is 0 Å². The van der Waals surface area contributed by atoms with Crippen molar-refractivity contribution >= 4 is 85.9 Å². The summed E-state index contributed by atoms with van der Waals surface area (Å²) in [4.78, 5) is 28.8. The molecule has 4 aromatic carbocycles. The Labute approximate surface area is 267 Å². The normalized spacial score (nSPS) is 14.1. The fraction of sp³-hybridized carbons (Fsp3) is 0.156. The van der Waals surface area contributed by atoms with Gasteiger partial charge in [0, 0.05) is 5.02 Å². The molecule has 7 nitrogen and oxygen atoms in total. The van der Waals surface area contributed by atoms with Crippen molar-refractivity contribution in [3.05, 3.63) is 104 Å². The number of fused-ring (bicyclic) bond motifs is 1. The average molecular weight is 713 g/mol. The Balaban J connectivity index is 1.50. The van der Waals surface area contributed by atoms with Crippen molar-refractivity contribution in [2.24, 2.45) is 0 Å². The summed E-state index contributed by atoms with van der Waals surface area (Å²) in [5.74, 6) is 0.236. The topological polar surface area (TPSA) is 68.3 Å². The molecule has 0 bridgehead atoms. The van der Waals surface area contributed by atoms with Gasteiger partial charge in [0.25, 0.3) is 5.91 Å². The van der Waals surface area contributed by atoms with E-state index in [1.165, 1.54) is 16.9 Å². The number of rotatable bonds is 9. The number of nitrogens with zero attached hydrogens (tertiary/aromatic N) is 2. The number of anilines is 1. The Kier molecular flexibility index (Phi) is 9.30. The van der Waals surface area contributed by atoms with Gasteiger partial charge in [-0.2, -0.15) is 0 Å². The zero-order chi connectivity index (χ0) is 29.8. The highest BCUT2D eigenvalue weighted by Gasteiger charge is 2.40. The third-order valence-electron chi connectivity index (χ3n) is 6.62. The molecule has 1 heterocycles. The summed E-state index contributed by atoms with van der Waals surface area (Å²) in [6, 6.07) is 24.8. The van der Waals surface area contributed by atoms with Gasteiger partial charge in [0.05, 0.1) is 23.0 Å². The second-order valence-electron chi connectivity index (χ2n) is 9.28. The van der Waals surface area contributed by atoms with Crippen molar-refractivity contribution in [2.45, 2.75) is 13.5 Å². The summed E-state index contributed by atoms with van der Waals surface area (Å²) in [6.07, 6.45) is 1.69. The van der Waals surface area contributed by atoms with Gasteiger partial charge in [0.2, 0.25) is 0 Å². The fourth-order valence-electron chi connectivity index (χ4n) is 4.65. The molecule has 1 amide bonds. The van der Waals surface area contributed by atoms with E-state index in [0.29, 0.717) is 41.0 Å². The highest BCUT2D eigenvalue weighted by molar-refractivity contribution is 14.1. The molecular formula is C32H26ClIN2O5S. The number of benzene rings is 4. The molecule has 0 aromatic heterocycles. The maximum atomic E-state index is 13.7. The summed E-state index contributed by atoms with van der Waals surface area (Å²) >= 11 is 13.9. The van der Waals surface area contributed by atoms with Gasteiger partial charge in [-0.25, -0.2) is 0 Å². The Hall–Kier alpha value is -3.67. The Morgan fingerprint density at radius 1 is 1.02 bits per heavy atom. The number of carbonyl (C=O) groups is 2. The number of halogens is 2. The first kappa shape index (κ1) is 29.8. The van der Waals surface area contributed by atoms with Crippen LogP contribution < -0.4 is 14.4 Å². The first-order chi connectivity index (χ1) is 20.3. The maximum absolute atomic E-state index is 13.7. The number of methoxy groups -OCH3 is 1. The molecule has 0 N–H and O–H groups in total. The van der Waals surface area contributed by atoms with Crippen molar-refractivity contribution in [3.8, 4) is 11.5 Å². The molecule has 0 saturated carbocycles. The van der Waals surface area contributed by atoms with E-state index in [2.05, 4.69) is 40.8 Å². The molecular weight excluding hydrogens is 687 g/mol. The van der Waals surface area contributed by atoms with Crippen LogP contribution in [-0.4, -0.2) is 42.2 Å². The van der Waals surface area contributed by atoms with Crippen molar-refractivity contribution in [3.63, 3.8) is 0 Å². The van der Waals surface area contributed by atoms with E-state index in [4.69, 9.17) is 38.0 Å². The lowest BCUT2D eigenvalue weighted by atomic mass is 10.1. The molecule has 1 saturated heterocycles. The second kappa shape index (κ2) is 13.1. The molecule has 1 fully saturated rings. The molecule has 0 unspecified atom stereocenters. The molecule has 0 atom stereocenters. The molecule has 0 aliphatic carbocycles. The maximum Gasteiger partial charge on any atom is 0.325 e. The van der Waals surface area contributed by atoms with E-state index in [-0.39, 0.29) is 23.3 Å². The zero-order valence-corrected chi connectivity index (χ0v) is 26.5. The number of amides is 1. The van der Waals surface area contributed by atoms with Crippen LogP contribution in [0, 0.1) is 3.57 Å². The van der Waals surface area contributed by atoms with Crippen LogP contribution in [0.2, 0.25) is 5.02 Å². The predicted octanol–water partition coefficient (Wildman–Crippen LogP) is 7.22. The summed E-state index contributed by atoms with van der Waals surface area (Å²) in [5.41, 5.74) is 2.50. The number of esters is 1. The minimum atomic E-state index is -0.532. The minimum Gasteiger partial charge on any atom is -0.490 e. The largest absolute Gasteiger partial charge is 0.490 e. The third-order valence-corrected chi connectivity index (χ3v) is 8.08. The lowest BCUT2D eigenvalue weighted by Gasteiger charge is -2.19. The quantitative estimate of drug-likeness (QED) is 0.0786.